The van der Waals surface area contributed by atoms with E-state index in [0.29, 0.717) is 11.3 Å². The van der Waals surface area contributed by atoms with E-state index >= 15 is 0 Å². The molecule has 7 heteroatoms. The summed E-state index contributed by atoms with van der Waals surface area (Å²) in [7, 11) is 1.33. The van der Waals surface area contributed by atoms with Crippen molar-refractivity contribution in [2.75, 3.05) is 12.8 Å². The molecule has 0 aliphatic rings. The Morgan fingerprint density at radius 3 is 2.89 bits per heavy atom. The second-order valence-electron chi connectivity index (χ2n) is 3.50. The van der Waals surface area contributed by atoms with Crippen molar-refractivity contribution in [3.05, 3.63) is 28.8 Å². The highest BCUT2D eigenvalue weighted by Gasteiger charge is 2.14. The standard InChI is InChI=1S/C11H11N3O2S2/c1-6-3-7(18-11-14-13-5-17-11)4-8(9(6)12)10(15)16-2/h3-5H,12H2,1-2H3. The van der Waals surface area contributed by atoms with Gasteiger partial charge in [0.1, 0.15) is 5.51 Å². The van der Waals surface area contributed by atoms with E-state index in [1.165, 1.54) is 30.2 Å². The van der Waals surface area contributed by atoms with Crippen molar-refractivity contribution in [3.8, 4) is 0 Å². The Bertz CT molecular complexity index is 570. The summed E-state index contributed by atoms with van der Waals surface area (Å²) in [6, 6.07) is 3.62. The molecule has 0 amide bonds. The number of aromatic nitrogens is 2. The molecule has 0 saturated carbocycles. The Kier molecular flexibility index (Phi) is 3.83. The van der Waals surface area contributed by atoms with E-state index < -0.39 is 5.97 Å². The first-order valence-corrected chi connectivity index (χ1v) is 6.74. The lowest BCUT2D eigenvalue weighted by Gasteiger charge is -2.09. The van der Waals surface area contributed by atoms with Gasteiger partial charge in [0.15, 0.2) is 4.34 Å². The molecular formula is C11H11N3O2S2. The number of nitrogens with two attached hydrogens (primary N) is 1. The first kappa shape index (κ1) is 12.8. The number of carbonyl (C=O) groups excluding carboxylic acids is 1. The van der Waals surface area contributed by atoms with Crippen LogP contribution < -0.4 is 5.73 Å². The molecule has 0 spiro atoms. The maximum Gasteiger partial charge on any atom is 0.340 e. The third-order valence-electron chi connectivity index (χ3n) is 2.31. The third-order valence-corrected chi connectivity index (χ3v) is 4.06. The van der Waals surface area contributed by atoms with Crippen molar-refractivity contribution in [2.45, 2.75) is 16.2 Å². The van der Waals surface area contributed by atoms with Crippen molar-refractivity contribution >= 4 is 34.8 Å². The monoisotopic (exact) mass is 281 g/mol. The largest absolute Gasteiger partial charge is 0.465 e. The molecule has 5 nitrogen and oxygen atoms in total. The fourth-order valence-corrected chi connectivity index (χ4v) is 3.00. The number of hydrogen-bond donors (Lipinski definition) is 1. The van der Waals surface area contributed by atoms with Gasteiger partial charge in [0, 0.05) is 10.6 Å². The molecule has 0 atom stereocenters. The number of benzene rings is 1. The van der Waals surface area contributed by atoms with E-state index in [1.807, 2.05) is 13.0 Å². The van der Waals surface area contributed by atoms with Gasteiger partial charge in [0.05, 0.1) is 12.7 Å². The topological polar surface area (TPSA) is 78.1 Å². The van der Waals surface area contributed by atoms with Gasteiger partial charge in [-0.25, -0.2) is 4.79 Å². The summed E-state index contributed by atoms with van der Waals surface area (Å²) >= 11 is 2.88. The van der Waals surface area contributed by atoms with Gasteiger partial charge in [-0.1, -0.05) is 23.1 Å². The van der Waals surface area contributed by atoms with Crippen LogP contribution in [0.15, 0.2) is 26.9 Å². The molecule has 94 valence electrons. The Morgan fingerprint density at radius 1 is 1.50 bits per heavy atom. The first-order valence-electron chi connectivity index (χ1n) is 5.04. The normalized spacial score (nSPS) is 10.3. The second kappa shape index (κ2) is 5.36. The zero-order valence-electron chi connectivity index (χ0n) is 9.84. The number of ether oxygens (including phenoxy) is 1. The van der Waals surface area contributed by atoms with Crippen LogP contribution in [0.4, 0.5) is 5.69 Å². The molecule has 2 rings (SSSR count). The summed E-state index contributed by atoms with van der Waals surface area (Å²) in [5.41, 5.74) is 9.19. The van der Waals surface area contributed by atoms with Crippen molar-refractivity contribution in [2.24, 2.45) is 0 Å². The van der Waals surface area contributed by atoms with Gasteiger partial charge in [-0.05, 0) is 24.6 Å². The number of rotatable bonds is 3. The molecule has 0 fully saturated rings. The molecule has 0 aliphatic carbocycles. The quantitative estimate of drug-likeness (QED) is 0.687. The summed E-state index contributed by atoms with van der Waals surface area (Å²) in [5.74, 6) is -0.435. The van der Waals surface area contributed by atoms with Crippen LogP contribution in [0.25, 0.3) is 0 Å². The molecule has 0 saturated heterocycles. The molecule has 1 heterocycles. The van der Waals surface area contributed by atoms with Crippen LogP contribution in [0.5, 0.6) is 0 Å². The Labute approximate surface area is 112 Å². The predicted octanol–water partition coefficient (Wildman–Crippen LogP) is 2.37. The van der Waals surface area contributed by atoms with Gasteiger partial charge in [0.2, 0.25) is 0 Å². The summed E-state index contributed by atoms with van der Waals surface area (Å²) in [4.78, 5) is 12.5. The average molecular weight is 281 g/mol. The number of carbonyl (C=O) groups is 1. The fourth-order valence-electron chi connectivity index (χ4n) is 1.41. The molecule has 1 aromatic heterocycles. The number of anilines is 1. The van der Waals surface area contributed by atoms with Crippen LogP contribution in [0.1, 0.15) is 15.9 Å². The molecule has 0 radical (unpaired) electrons. The molecular weight excluding hydrogens is 270 g/mol. The van der Waals surface area contributed by atoms with Gasteiger partial charge < -0.3 is 10.5 Å². The predicted molar refractivity (Wildman–Crippen MR) is 71.0 cm³/mol. The zero-order valence-corrected chi connectivity index (χ0v) is 11.5. The van der Waals surface area contributed by atoms with Crippen LogP contribution in [0, 0.1) is 6.92 Å². The molecule has 2 aromatic rings. The summed E-state index contributed by atoms with van der Waals surface area (Å²) in [6.45, 7) is 1.85. The number of nitrogen functional groups attached to an aromatic ring is 1. The van der Waals surface area contributed by atoms with Gasteiger partial charge >= 0.3 is 5.97 Å². The van der Waals surface area contributed by atoms with Gasteiger partial charge in [-0.2, -0.15) is 0 Å². The fraction of sp³-hybridized carbons (Fsp3) is 0.182. The lowest BCUT2D eigenvalue weighted by atomic mass is 10.1. The molecule has 0 bridgehead atoms. The third kappa shape index (κ3) is 2.62. The number of esters is 1. The Balaban J connectivity index is 2.38. The van der Waals surface area contributed by atoms with Crippen LogP contribution in [0.2, 0.25) is 0 Å². The first-order chi connectivity index (χ1) is 8.61. The van der Waals surface area contributed by atoms with E-state index in [2.05, 4.69) is 10.2 Å². The highest BCUT2D eigenvalue weighted by atomic mass is 32.2. The SMILES string of the molecule is COC(=O)c1cc(Sc2nncs2)cc(C)c1N. The van der Waals surface area contributed by atoms with Gasteiger partial charge in [-0.3, -0.25) is 0 Å². The minimum absolute atomic E-state index is 0.379. The van der Waals surface area contributed by atoms with Crippen LogP contribution >= 0.6 is 23.1 Å². The minimum atomic E-state index is -0.435. The van der Waals surface area contributed by atoms with E-state index in [4.69, 9.17) is 10.5 Å². The van der Waals surface area contributed by atoms with Crippen molar-refractivity contribution in [1.82, 2.24) is 10.2 Å². The number of aryl methyl sites for hydroxylation is 1. The maximum absolute atomic E-state index is 11.6. The van der Waals surface area contributed by atoms with Crippen molar-refractivity contribution < 1.29 is 9.53 Å². The number of hydrogen-bond acceptors (Lipinski definition) is 7. The zero-order chi connectivity index (χ0) is 13.1. The lowest BCUT2D eigenvalue weighted by Crippen LogP contribution is -2.07. The molecule has 0 unspecified atom stereocenters. The Morgan fingerprint density at radius 2 is 2.28 bits per heavy atom. The van der Waals surface area contributed by atoms with Crippen LogP contribution in [-0.4, -0.2) is 23.3 Å². The Hall–Kier alpha value is -1.60. The molecule has 18 heavy (non-hydrogen) atoms. The molecule has 0 aliphatic heterocycles. The van der Waals surface area contributed by atoms with E-state index in [0.717, 1.165) is 14.8 Å². The maximum atomic E-state index is 11.6. The van der Waals surface area contributed by atoms with E-state index in [1.54, 1.807) is 11.6 Å². The number of methoxy groups -OCH3 is 1. The van der Waals surface area contributed by atoms with Crippen LogP contribution in [-0.2, 0) is 4.74 Å². The van der Waals surface area contributed by atoms with Crippen molar-refractivity contribution in [1.29, 1.82) is 0 Å². The van der Waals surface area contributed by atoms with Crippen molar-refractivity contribution in [3.63, 3.8) is 0 Å². The minimum Gasteiger partial charge on any atom is -0.465 e. The second-order valence-corrected chi connectivity index (χ2v) is 5.65. The average Bonchev–Trinajstić information content (AvgIpc) is 2.85. The smallest absolute Gasteiger partial charge is 0.340 e. The van der Waals surface area contributed by atoms with E-state index in [9.17, 15) is 4.79 Å². The highest BCUT2D eigenvalue weighted by Crippen LogP contribution is 2.32. The lowest BCUT2D eigenvalue weighted by molar-refractivity contribution is 0.0601. The number of nitrogens with zero attached hydrogens (tertiary/aromatic N) is 2. The summed E-state index contributed by atoms with van der Waals surface area (Å²) < 4.78 is 5.52. The summed E-state index contributed by atoms with van der Waals surface area (Å²) in [5, 5.41) is 7.71. The van der Waals surface area contributed by atoms with Crippen LogP contribution in [0.3, 0.4) is 0 Å². The summed E-state index contributed by atoms with van der Waals surface area (Å²) in [6.07, 6.45) is 0. The van der Waals surface area contributed by atoms with E-state index in [-0.39, 0.29) is 0 Å². The molecule has 2 N–H and O–H groups in total. The van der Waals surface area contributed by atoms with Gasteiger partial charge in [0.25, 0.3) is 0 Å². The van der Waals surface area contributed by atoms with Gasteiger partial charge in [-0.15, -0.1) is 10.2 Å². The molecule has 1 aromatic carbocycles. The highest BCUT2D eigenvalue weighted by molar-refractivity contribution is 8.01.